The molecule has 1 aromatic carbocycles. The molecule has 1 atom stereocenters. The summed E-state index contributed by atoms with van der Waals surface area (Å²) in [6.45, 7) is 1.91. The van der Waals surface area contributed by atoms with E-state index in [1.165, 1.54) is 16.9 Å². The molecule has 3 rings (SSSR count). The van der Waals surface area contributed by atoms with Crippen LogP contribution in [0.4, 0.5) is 0 Å². The fourth-order valence-electron chi connectivity index (χ4n) is 2.50. The maximum Gasteiger partial charge on any atom is 0.263 e. The normalized spacial score (nSPS) is 18.4. The largest absolute Gasteiger partial charge is 0.347 e. The first kappa shape index (κ1) is 14.2. The fraction of sp³-hybridized carbons (Fsp3) is 0.375. The van der Waals surface area contributed by atoms with Gasteiger partial charge < -0.3 is 10.6 Å². The molecule has 21 heavy (non-hydrogen) atoms. The standard InChI is InChI=1S/C16H19N3OS/c20-16(19-13-7-4-8-17-10-13)14-11-18-15(21-14)9-12-5-2-1-3-6-12/h1-3,5-6,11,13,17H,4,7-10H2,(H,19,20)/t13-/m0/s1. The van der Waals surface area contributed by atoms with Gasteiger partial charge in [0.1, 0.15) is 4.88 Å². The first-order chi connectivity index (χ1) is 10.3. The Morgan fingerprint density at radius 1 is 1.38 bits per heavy atom. The minimum atomic E-state index is 0.000474. The number of amides is 1. The second kappa shape index (κ2) is 6.83. The minimum Gasteiger partial charge on any atom is -0.347 e. The zero-order valence-electron chi connectivity index (χ0n) is 11.8. The number of benzene rings is 1. The van der Waals surface area contributed by atoms with Crippen LogP contribution in [-0.4, -0.2) is 30.0 Å². The van der Waals surface area contributed by atoms with Crippen LogP contribution in [0.15, 0.2) is 36.5 Å². The average Bonchev–Trinajstić information content (AvgIpc) is 2.98. The van der Waals surface area contributed by atoms with Gasteiger partial charge in [0.15, 0.2) is 0 Å². The summed E-state index contributed by atoms with van der Waals surface area (Å²) in [7, 11) is 0. The Morgan fingerprint density at radius 2 is 2.24 bits per heavy atom. The second-order valence-corrected chi connectivity index (χ2v) is 6.41. The topological polar surface area (TPSA) is 54.0 Å². The Morgan fingerprint density at radius 3 is 3.00 bits per heavy atom. The van der Waals surface area contributed by atoms with Crippen LogP contribution in [0.3, 0.4) is 0 Å². The van der Waals surface area contributed by atoms with Crippen molar-refractivity contribution in [1.29, 1.82) is 0 Å². The third-order valence-electron chi connectivity index (χ3n) is 3.61. The van der Waals surface area contributed by atoms with Gasteiger partial charge in [-0.3, -0.25) is 4.79 Å². The molecule has 1 aromatic heterocycles. The first-order valence-corrected chi connectivity index (χ1v) is 8.13. The molecule has 0 saturated carbocycles. The van der Waals surface area contributed by atoms with E-state index < -0.39 is 0 Å². The van der Waals surface area contributed by atoms with E-state index in [9.17, 15) is 4.79 Å². The van der Waals surface area contributed by atoms with Crippen molar-refractivity contribution in [3.8, 4) is 0 Å². The summed E-state index contributed by atoms with van der Waals surface area (Å²) in [5, 5.41) is 7.36. The summed E-state index contributed by atoms with van der Waals surface area (Å²) in [6, 6.07) is 10.4. The van der Waals surface area contributed by atoms with E-state index >= 15 is 0 Å². The predicted molar refractivity (Wildman–Crippen MR) is 84.7 cm³/mol. The van der Waals surface area contributed by atoms with Crippen molar-refractivity contribution in [1.82, 2.24) is 15.6 Å². The molecule has 2 heterocycles. The van der Waals surface area contributed by atoms with Crippen molar-refractivity contribution in [2.75, 3.05) is 13.1 Å². The van der Waals surface area contributed by atoms with E-state index in [1.807, 2.05) is 18.2 Å². The van der Waals surface area contributed by atoms with Crippen molar-refractivity contribution < 1.29 is 4.79 Å². The quantitative estimate of drug-likeness (QED) is 0.910. The predicted octanol–water partition coefficient (Wildman–Crippen LogP) is 2.22. The van der Waals surface area contributed by atoms with Crippen molar-refractivity contribution in [2.24, 2.45) is 0 Å². The highest BCUT2D eigenvalue weighted by Gasteiger charge is 2.18. The minimum absolute atomic E-state index is 0.000474. The second-order valence-electron chi connectivity index (χ2n) is 5.30. The van der Waals surface area contributed by atoms with E-state index in [0.717, 1.165) is 37.4 Å². The molecule has 110 valence electrons. The lowest BCUT2D eigenvalue weighted by Crippen LogP contribution is -2.45. The summed E-state index contributed by atoms with van der Waals surface area (Å²) in [6.07, 6.45) is 4.64. The van der Waals surface area contributed by atoms with Gasteiger partial charge in [0.25, 0.3) is 5.91 Å². The van der Waals surface area contributed by atoms with Crippen molar-refractivity contribution in [3.05, 3.63) is 52.0 Å². The molecule has 0 spiro atoms. The molecule has 1 aliphatic rings. The van der Waals surface area contributed by atoms with Gasteiger partial charge in [-0.1, -0.05) is 30.3 Å². The average molecular weight is 301 g/mol. The SMILES string of the molecule is O=C(N[C@H]1CCCNC1)c1cnc(Cc2ccccc2)s1. The maximum atomic E-state index is 12.2. The highest BCUT2D eigenvalue weighted by atomic mass is 32.1. The van der Waals surface area contributed by atoms with E-state index in [1.54, 1.807) is 6.20 Å². The zero-order valence-corrected chi connectivity index (χ0v) is 12.7. The van der Waals surface area contributed by atoms with Crippen LogP contribution in [0.25, 0.3) is 0 Å². The molecule has 0 bridgehead atoms. The summed E-state index contributed by atoms with van der Waals surface area (Å²) >= 11 is 1.48. The molecule has 1 amide bonds. The Hall–Kier alpha value is -1.72. The molecular formula is C16H19N3OS. The third kappa shape index (κ3) is 3.89. The van der Waals surface area contributed by atoms with Gasteiger partial charge in [-0.15, -0.1) is 11.3 Å². The van der Waals surface area contributed by atoms with Crippen LogP contribution in [0.2, 0.25) is 0 Å². The maximum absolute atomic E-state index is 12.2. The lowest BCUT2D eigenvalue weighted by atomic mass is 10.1. The van der Waals surface area contributed by atoms with Gasteiger partial charge in [-0.25, -0.2) is 4.98 Å². The van der Waals surface area contributed by atoms with E-state index in [0.29, 0.717) is 4.88 Å². The van der Waals surface area contributed by atoms with Gasteiger partial charge in [0.2, 0.25) is 0 Å². The zero-order chi connectivity index (χ0) is 14.5. The van der Waals surface area contributed by atoms with Gasteiger partial charge in [-0.05, 0) is 24.9 Å². The van der Waals surface area contributed by atoms with Crippen LogP contribution in [-0.2, 0) is 6.42 Å². The fourth-order valence-corrected chi connectivity index (χ4v) is 3.35. The van der Waals surface area contributed by atoms with Crippen molar-refractivity contribution in [2.45, 2.75) is 25.3 Å². The van der Waals surface area contributed by atoms with E-state index in [4.69, 9.17) is 0 Å². The monoisotopic (exact) mass is 301 g/mol. The number of rotatable bonds is 4. The number of hydrogen-bond donors (Lipinski definition) is 2. The molecule has 1 fully saturated rings. The summed E-state index contributed by atoms with van der Waals surface area (Å²) in [5.74, 6) is 0.000474. The summed E-state index contributed by atoms with van der Waals surface area (Å²) in [5.41, 5.74) is 1.22. The van der Waals surface area contributed by atoms with Crippen LogP contribution in [0.1, 0.15) is 33.1 Å². The smallest absolute Gasteiger partial charge is 0.263 e. The highest BCUT2D eigenvalue weighted by molar-refractivity contribution is 7.13. The number of hydrogen-bond acceptors (Lipinski definition) is 4. The third-order valence-corrected chi connectivity index (χ3v) is 4.60. The lowest BCUT2D eigenvalue weighted by molar-refractivity contribution is 0.0934. The molecule has 0 unspecified atom stereocenters. The summed E-state index contributed by atoms with van der Waals surface area (Å²) < 4.78 is 0. The number of aromatic nitrogens is 1. The number of piperidine rings is 1. The van der Waals surface area contributed by atoms with E-state index in [-0.39, 0.29) is 11.9 Å². The molecule has 2 N–H and O–H groups in total. The highest BCUT2D eigenvalue weighted by Crippen LogP contribution is 2.17. The molecule has 1 aliphatic heterocycles. The number of nitrogens with zero attached hydrogens (tertiary/aromatic N) is 1. The number of nitrogens with one attached hydrogen (secondary N) is 2. The van der Waals surface area contributed by atoms with Gasteiger partial charge in [0, 0.05) is 19.0 Å². The Balaban J connectivity index is 1.60. The van der Waals surface area contributed by atoms with Gasteiger partial charge in [0.05, 0.1) is 11.2 Å². The molecule has 2 aromatic rings. The van der Waals surface area contributed by atoms with Gasteiger partial charge >= 0.3 is 0 Å². The van der Waals surface area contributed by atoms with E-state index in [2.05, 4.69) is 27.8 Å². The Kier molecular flexibility index (Phi) is 4.62. The molecule has 1 saturated heterocycles. The first-order valence-electron chi connectivity index (χ1n) is 7.31. The molecule has 4 nitrogen and oxygen atoms in total. The van der Waals surface area contributed by atoms with Crippen LogP contribution >= 0.6 is 11.3 Å². The van der Waals surface area contributed by atoms with Crippen molar-refractivity contribution in [3.63, 3.8) is 0 Å². The number of carbonyl (C=O) groups excluding carboxylic acids is 1. The van der Waals surface area contributed by atoms with Crippen molar-refractivity contribution >= 4 is 17.2 Å². The number of carbonyl (C=O) groups is 1. The van der Waals surface area contributed by atoms with Crippen LogP contribution in [0.5, 0.6) is 0 Å². The Bertz CT molecular complexity index is 591. The van der Waals surface area contributed by atoms with Crippen LogP contribution < -0.4 is 10.6 Å². The number of thiazole rings is 1. The van der Waals surface area contributed by atoms with Crippen LogP contribution in [0, 0.1) is 0 Å². The Labute approximate surface area is 128 Å². The van der Waals surface area contributed by atoms with Gasteiger partial charge in [-0.2, -0.15) is 0 Å². The lowest BCUT2D eigenvalue weighted by Gasteiger charge is -2.23. The molecule has 0 radical (unpaired) electrons. The molecular weight excluding hydrogens is 282 g/mol. The molecule has 5 heteroatoms. The summed E-state index contributed by atoms with van der Waals surface area (Å²) in [4.78, 5) is 17.3. The molecule has 0 aliphatic carbocycles.